The summed E-state index contributed by atoms with van der Waals surface area (Å²) in [5.74, 6) is 0.624. The van der Waals surface area contributed by atoms with Crippen LogP contribution in [0.2, 0.25) is 0 Å². The van der Waals surface area contributed by atoms with Gasteiger partial charge in [-0.05, 0) is 38.6 Å². The first-order valence-corrected chi connectivity index (χ1v) is 5.91. The number of aryl methyl sites for hydroxylation is 1. The van der Waals surface area contributed by atoms with E-state index >= 15 is 0 Å². The van der Waals surface area contributed by atoms with Crippen molar-refractivity contribution in [2.75, 3.05) is 19.7 Å². The van der Waals surface area contributed by atoms with E-state index in [1.807, 2.05) is 6.92 Å². The fraction of sp³-hybridized carbons (Fsp3) is 0.818. The number of aliphatic hydroxyl groups excluding tert-OH is 1. The van der Waals surface area contributed by atoms with Crippen LogP contribution < -0.4 is 0 Å². The number of aromatic nitrogens is 2. The standard InChI is InChI=1S/C11H19N3O2/c1-9-11(13-16-12-9)8-14-5-2-3-10(7-14)4-6-15/h10,15H,2-8H2,1H3. The summed E-state index contributed by atoms with van der Waals surface area (Å²) in [6.45, 7) is 5.18. The van der Waals surface area contributed by atoms with Gasteiger partial charge in [-0.3, -0.25) is 4.90 Å². The van der Waals surface area contributed by atoms with Crippen molar-refractivity contribution in [2.24, 2.45) is 5.92 Å². The largest absolute Gasteiger partial charge is 0.396 e. The van der Waals surface area contributed by atoms with E-state index in [-0.39, 0.29) is 0 Å². The number of nitrogens with zero attached hydrogens (tertiary/aromatic N) is 3. The van der Waals surface area contributed by atoms with Crippen LogP contribution in [0.4, 0.5) is 0 Å². The molecule has 16 heavy (non-hydrogen) atoms. The van der Waals surface area contributed by atoms with Crippen molar-refractivity contribution in [1.29, 1.82) is 0 Å². The summed E-state index contributed by atoms with van der Waals surface area (Å²) in [4.78, 5) is 2.37. The molecule has 1 atom stereocenters. The van der Waals surface area contributed by atoms with Gasteiger partial charge < -0.3 is 5.11 Å². The fourth-order valence-corrected chi connectivity index (χ4v) is 2.32. The molecule has 2 heterocycles. The Labute approximate surface area is 95.4 Å². The molecule has 0 bridgehead atoms. The maximum atomic E-state index is 8.95. The molecule has 0 radical (unpaired) electrons. The molecule has 1 aliphatic rings. The highest BCUT2D eigenvalue weighted by Gasteiger charge is 2.21. The zero-order valence-electron chi connectivity index (χ0n) is 9.72. The number of rotatable bonds is 4. The molecule has 1 aromatic rings. The van der Waals surface area contributed by atoms with E-state index in [0.717, 1.165) is 37.4 Å². The number of hydrogen-bond acceptors (Lipinski definition) is 5. The maximum Gasteiger partial charge on any atom is 0.122 e. The highest BCUT2D eigenvalue weighted by Crippen LogP contribution is 2.20. The molecule has 0 aliphatic carbocycles. The third-order valence-electron chi connectivity index (χ3n) is 3.26. The van der Waals surface area contributed by atoms with Crippen molar-refractivity contribution in [3.05, 3.63) is 11.4 Å². The summed E-state index contributed by atoms with van der Waals surface area (Å²) in [5, 5.41) is 16.6. The third-order valence-corrected chi connectivity index (χ3v) is 3.26. The van der Waals surface area contributed by atoms with Gasteiger partial charge >= 0.3 is 0 Å². The lowest BCUT2D eigenvalue weighted by Crippen LogP contribution is -2.35. The highest BCUT2D eigenvalue weighted by molar-refractivity contribution is 5.04. The van der Waals surface area contributed by atoms with Crippen LogP contribution in [0, 0.1) is 12.8 Å². The second-order valence-corrected chi connectivity index (χ2v) is 4.55. The monoisotopic (exact) mass is 225 g/mol. The Morgan fingerprint density at radius 3 is 3.06 bits per heavy atom. The van der Waals surface area contributed by atoms with Crippen LogP contribution in [0.5, 0.6) is 0 Å². The van der Waals surface area contributed by atoms with Crippen molar-refractivity contribution < 1.29 is 9.74 Å². The molecule has 0 spiro atoms. The van der Waals surface area contributed by atoms with Gasteiger partial charge in [0, 0.05) is 19.7 Å². The zero-order valence-corrected chi connectivity index (χ0v) is 9.72. The quantitative estimate of drug-likeness (QED) is 0.827. The van der Waals surface area contributed by atoms with Gasteiger partial charge in [-0.25, -0.2) is 4.63 Å². The van der Waals surface area contributed by atoms with E-state index in [4.69, 9.17) is 9.74 Å². The fourth-order valence-electron chi connectivity index (χ4n) is 2.32. The van der Waals surface area contributed by atoms with Crippen molar-refractivity contribution in [2.45, 2.75) is 32.7 Å². The molecule has 1 N–H and O–H groups in total. The van der Waals surface area contributed by atoms with E-state index in [1.165, 1.54) is 12.8 Å². The van der Waals surface area contributed by atoms with E-state index in [1.54, 1.807) is 0 Å². The molecule has 0 aromatic carbocycles. The SMILES string of the molecule is Cc1nonc1CN1CCCC(CCO)C1. The Hall–Kier alpha value is -0.940. The van der Waals surface area contributed by atoms with Gasteiger partial charge in [-0.1, -0.05) is 10.3 Å². The van der Waals surface area contributed by atoms with Crippen LogP contribution in [0.1, 0.15) is 30.7 Å². The molecule has 90 valence electrons. The molecule has 0 amide bonds. The van der Waals surface area contributed by atoms with Crippen molar-refractivity contribution in [3.8, 4) is 0 Å². The molecular weight excluding hydrogens is 206 g/mol. The first kappa shape index (κ1) is 11.5. The number of likely N-dealkylation sites (tertiary alicyclic amines) is 1. The van der Waals surface area contributed by atoms with Gasteiger partial charge in [0.25, 0.3) is 0 Å². The lowest BCUT2D eigenvalue weighted by atomic mass is 9.95. The summed E-state index contributed by atoms with van der Waals surface area (Å²) >= 11 is 0. The first-order valence-electron chi connectivity index (χ1n) is 5.91. The second-order valence-electron chi connectivity index (χ2n) is 4.55. The first-order chi connectivity index (χ1) is 7.79. The zero-order chi connectivity index (χ0) is 11.4. The van der Waals surface area contributed by atoms with Gasteiger partial charge in [0.1, 0.15) is 11.4 Å². The number of hydrogen-bond donors (Lipinski definition) is 1. The van der Waals surface area contributed by atoms with Crippen LogP contribution >= 0.6 is 0 Å². The van der Waals surface area contributed by atoms with E-state index < -0.39 is 0 Å². The minimum Gasteiger partial charge on any atom is -0.396 e. The normalized spacial score (nSPS) is 22.5. The van der Waals surface area contributed by atoms with Crippen LogP contribution in [0.25, 0.3) is 0 Å². The minimum absolute atomic E-state index is 0.295. The highest BCUT2D eigenvalue weighted by atomic mass is 16.6. The number of aliphatic hydroxyl groups is 1. The Balaban J connectivity index is 1.88. The Morgan fingerprint density at radius 1 is 1.50 bits per heavy atom. The Kier molecular flexibility index (Phi) is 3.90. The third kappa shape index (κ3) is 2.80. The molecule has 1 fully saturated rings. The van der Waals surface area contributed by atoms with Crippen LogP contribution in [-0.2, 0) is 6.54 Å². The average Bonchev–Trinajstić information content (AvgIpc) is 2.66. The predicted molar refractivity (Wildman–Crippen MR) is 58.7 cm³/mol. The lowest BCUT2D eigenvalue weighted by molar-refractivity contribution is 0.139. The minimum atomic E-state index is 0.295. The molecule has 5 nitrogen and oxygen atoms in total. The smallest absolute Gasteiger partial charge is 0.122 e. The molecule has 5 heteroatoms. The summed E-state index contributed by atoms with van der Waals surface area (Å²) in [6, 6.07) is 0. The predicted octanol–water partition coefficient (Wildman–Crippen LogP) is 0.972. The van der Waals surface area contributed by atoms with Gasteiger partial charge in [0.2, 0.25) is 0 Å². The van der Waals surface area contributed by atoms with E-state index in [0.29, 0.717) is 12.5 Å². The van der Waals surface area contributed by atoms with Crippen LogP contribution in [0.3, 0.4) is 0 Å². The molecule has 1 aliphatic heterocycles. The second kappa shape index (κ2) is 5.41. The molecular formula is C11H19N3O2. The van der Waals surface area contributed by atoms with Gasteiger partial charge in [-0.15, -0.1) is 0 Å². The Bertz CT molecular complexity index is 325. The van der Waals surface area contributed by atoms with Crippen molar-refractivity contribution in [3.63, 3.8) is 0 Å². The topological polar surface area (TPSA) is 62.4 Å². The molecule has 0 saturated carbocycles. The van der Waals surface area contributed by atoms with E-state index in [9.17, 15) is 0 Å². The number of piperidine rings is 1. The lowest BCUT2D eigenvalue weighted by Gasteiger charge is -2.31. The van der Waals surface area contributed by atoms with Gasteiger partial charge in [-0.2, -0.15) is 0 Å². The van der Waals surface area contributed by atoms with Crippen LogP contribution in [0.15, 0.2) is 4.63 Å². The molecule has 1 saturated heterocycles. The van der Waals surface area contributed by atoms with Crippen molar-refractivity contribution in [1.82, 2.24) is 15.2 Å². The molecule has 1 aromatic heterocycles. The van der Waals surface area contributed by atoms with Crippen LogP contribution in [-0.4, -0.2) is 40.0 Å². The van der Waals surface area contributed by atoms with Crippen molar-refractivity contribution >= 4 is 0 Å². The molecule has 2 rings (SSSR count). The summed E-state index contributed by atoms with van der Waals surface area (Å²) in [6.07, 6.45) is 3.34. The van der Waals surface area contributed by atoms with E-state index in [2.05, 4.69) is 15.2 Å². The van der Waals surface area contributed by atoms with Gasteiger partial charge in [0.05, 0.1) is 0 Å². The average molecular weight is 225 g/mol. The maximum absolute atomic E-state index is 8.95. The Morgan fingerprint density at radius 2 is 2.38 bits per heavy atom. The molecule has 1 unspecified atom stereocenters. The summed E-state index contributed by atoms with van der Waals surface area (Å²) < 4.78 is 4.69. The van der Waals surface area contributed by atoms with Gasteiger partial charge in [0.15, 0.2) is 0 Å². The summed E-state index contributed by atoms with van der Waals surface area (Å²) in [5.41, 5.74) is 1.81. The summed E-state index contributed by atoms with van der Waals surface area (Å²) in [7, 11) is 0.